The first-order chi connectivity index (χ1) is 11.6. The zero-order valence-corrected chi connectivity index (χ0v) is 13.4. The van der Waals surface area contributed by atoms with Crippen LogP contribution in [0.5, 0.6) is 0 Å². The number of aliphatic carboxylic acids is 1. The Labute approximate surface area is 141 Å². The first kappa shape index (κ1) is 16.2. The van der Waals surface area contributed by atoms with Crippen molar-refractivity contribution in [3.63, 3.8) is 0 Å². The molecule has 0 aliphatic heterocycles. The number of nitrogens with one attached hydrogen (secondary N) is 1. The van der Waals surface area contributed by atoms with Gasteiger partial charge in [-0.15, -0.1) is 0 Å². The molecular weight excluding hydrogens is 302 g/mol. The van der Waals surface area contributed by atoms with E-state index in [1.807, 2.05) is 60.7 Å². The lowest BCUT2D eigenvalue weighted by Crippen LogP contribution is -2.46. The molecule has 0 unspecified atom stereocenters. The minimum atomic E-state index is -1.29. The van der Waals surface area contributed by atoms with Gasteiger partial charge in [0.1, 0.15) is 5.41 Å². The molecule has 0 heterocycles. The highest BCUT2D eigenvalue weighted by Crippen LogP contribution is 2.39. The maximum absolute atomic E-state index is 12.9. The SMILES string of the molecule is O=C(O)C1(C(=O)NC(c2ccccc2)c2ccccc2)CCCC1. The number of hydrogen-bond donors (Lipinski definition) is 2. The molecular formula is C20H21NO3. The number of benzene rings is 2. The predicted octanol–water partition coefficient (Wildman–Crippen LogP) is 3.54. The second-order valence-corrected chi connectivity index (χ2v) is 6.32. The number of amides is 1. The largest absolute Gasteiger partial charge is 0.480 e. The fraction of sp³-hybridized carbons (Fsp3) is 0.300. The molecule has 2 aromatic rings. The van der Waals surface area contributed by atoms with Gasteiger partial charge in [-0.05, 0) is 24.0 Å². The van der Waals surface area contributed by atoms with Crippen molar-refractivity contribution < 1.29 is 14.7 Å². The summed E-state index contributed by atoms with van der Waals surface area (Å²) in [6.07, 6.45) is 2.37. The van der Waals surface area contributed by atoms with Crippen LogP contribution in [0, 0.1) is 5.41 Å². The summed E-state index contributed by atoms with van der Waals surface area (Å²) in [7, 11) is 0. The maximum atomic E-state index is 12.9. The van der Waals surface area contributed by atoms with Crippen molar-refractivity contribution in [2.24, 2.45) is 5.41 Å². The van der Waals surface area contributed by atoms with Crippen LogP contribution in [0.3, 0.4) is 0 Å². The standard InChI is InChI=1S/C20H21NO3/c22-18(20(19(23)24)13-7-8-14-20)21-17(15-9-3-1-4-10-15)16-11-5-2-6-12-16/h1-6,9-12,17H,7-8,13-14H2,(H,21,22)(H,23,24). The molecule has 1 saturated carbocycles. The molecule has 4 nitrogen and oxygen atoms in total. The summed E-state index contributed by atoms with van der Waals surface area (Å²) in [6, 6.07) is 18.9. The molecule has 0 aromatic heterocycles. The molecule has 1 aliphatic carbocycles. The number of carbonyl (C=O) groups excluding carboxylic acids is 1. The Kier molecular flexibility index (Phi) is 4.65. The molecule has 0 bridgehead atoms. The number of carboxylic acids is 1. The average molecular weight is 323 g/mol. The Morgan fingerprint density at radius 2 is 1.33 bits per heavy atom. The van der Waals surface area contributed by atoms with Gasteiger partial charge in [0.05, 0.1) is 6.04 Å². The van der Waals surface area contributed by atoms with Gasteiger partial charge in [-0.2, -0.15) is 0 Å². The molecule has 1 amide bonds. The molecule has 2 N–H and O–H groups in total. The minimum Gasteiger partial charge on any atom is -0.480 e. The minimum absolute atomic E-state index is 0.350. The third kappa shape index (κ3) is 3.04. The molecule has 1 aliphatic rings. The summed E-state index contributed by atoms with van der Waals surface area (Å²) in [4.78, 5) is 24.6. The van der Waals surface area contributed by atoms with Crippen LogP contribution in [0.1, 0.15) is 42.9 Å². The summed E-state index contributed by atoms with van der Waals surface area (Å²) in [5.41, 5.74) is 0.591. The Morgan fingerprint density at radius 3 is 1.75 bits per heavy atom. The van der Waals surface area contributed by atoms with E-state index in [0.29, 0.717) is 12.8 Å². The van der Waals surface area contributed by atoms with Gasteiger partial charge in [-0.1, -0.05) is 73.5 Å². The molecule has 1 fully saturated rings. The lowest BCUT2D eigenvalue weighted by atomic mass is 9.84. The van der Waals surface area contributed by atoms with E-state index >= 15 is 0 Å². The number of hydrogen-bond acceptors (Lipinski definition) is 2. The van der Waals surface area contributed by atoms with Gasteiger partial charge in [0.15, 0.2) is 0 Å². The third-order valence-electron chi connectivity index (χ3n) is 4.84. The van der Waals surface area contributed by atoms with Gasteiger partial charge in [-0.3, -0.25) is 9.59 Å². The van der Waals surface area contributed by atoms with Crippen LogP contribution in [0.4, 0.5) is 0 Å². The van der Waals surface area contributed by atoms with E-state index in [9.17, 15) is 14.7 Å². The van der Waals surface area contributed by atoms with Crippen molar-refractivity contribution in [1.29, 1.82) is 0 Å². The Bertz CT molecular complexity index is 667. The van der Waals surface area contributed by atoms with Crippen LogP contribution in [0.15, 0.2) is 60.7 Å². The molecule has 24 heavy (non-hydrogen) atoms. The van der Waals surface area contributed by atoms with Gasteiger partial charge in [0.25, 0.3) is 0 Å². The molecule has 0 radical (unpaired) electrons. The Hall–Kier alpha value is -2.62. The van der Waals surface area contributed by atoms with E-state index in [1.165, 1.54) is 0 Å². The first-order valence-electron chi connectivity index (χ1n) is 8.28. The van der Waals surface area contributed by atoms with Gasteiger partial charge in [0.2, 0.25) is 5.91 Å². The average Bonchev–Trinajstić information content (AvgIpc) is 3.12. The lowest BCUT2D eigenvalue weighted by Gasteiger charge is -2.27. The highest BCUT2D eigenvalue weighted by atomic mass is 16.4. The smallest absolute Gasteiger partial charge is 0.319 e. The van der Waals surface area contributed by atoms with E-state index in [2.05, 4.69) is 5.32 Å². The van der Waals surface area contributed by atoms with E-state index in [4.69, 9.17) is 0 Å². The van der Waals surface area contributed by atoms with Crippen molar-refractivity contribution >= 4 is 11.9 Å². The second kappa shape index (κ2) is 6.87. The van der Waals surface area contributed by atoms with Crippen molar-refractivity contribution in [2.45, 2.75) is 31.7 Å². The van der Waals surface area contributed by atoms with Crippen molar-refractivity contribution in [1.82, 2.24) is 5.32 Å². The molecule has 124 valence electrons. The molecule has 0 saturated heterocycles. The number of rotatable bonds is 5. The number of carbonyl (C=O) groups is 2. The van der Waals surface area contributed by atoms with Crippen LogP contribution >= 0.6 is 0 Å². The summed E-state index contributed by atoms with van der Waals surface area (Å²) >= 11 is 0. The fourth-order valence-corrected chi connectivity index (χ4v) is 3.44. The van der Waals surface area contributed by atoms with Crippen LogP contribution in [0.2, 0.25) is 0 Å². The molecule has 0 spiro atoms. The van der Waals surface area contributed by atoms with E-state index in [0.717, 1.165) is 24.0 Å². The quantitative estimate of drug-likeness (QED) is 0.827. The van der Waals surface area contributed by atoms with Crippen molar-refractivity contribution in [3.05, 3.63) is 71.8 Å². The second-order valence-electron chi connectivity index (χ2n) is 6.32. The van der Waals surface area contributed by atoms with Gasteiger partial charge < -0.3 is 10.4 Å². The zero-order valence-electron chi connectivity index (χ0n) is 13.4. The van der Waals surface area contributed by atoms with Crippen molar-refractivity contribution in [3.8, 4) is 0 Å². The van der Waals surface area contributed by atoms with Gasteiger partial charge in [-0.25, -0.2) is 0 Å². The summed E-state index contributed by atoms with van der Waals surface area (Å²) in [5.74, 6) is -1.40. The topological polar surface area (TPSA) is 66.4 Å². The van der Waals surface area contributed by atoms with E-state index in [1.54, 1.807) is 0 Å². The van der Waals surface area contributed by atoms with Crippen LogP contribution < -0.4 is 5.32 Å². The summed E-state index contributed by atoms with van der Waals surface area (Å²) in [6.45, 7) is 0. The van der Waals surface area contributed by atoms with E-state index < -0.39 is 11.4 Å². The van der Waals surface area contributed by atoms with Crippen LogP contribution in [-0.4, -0.2) is 17.0 Å². The number of carboxylic acid groups (broad SMARTS) is 1. The fourth-order valence-electron chi connectivity index (χ4n) is 3.44. The Balaban J connectivity index is 1.93. The monoisotopic (exact) mass is 323 g/mol. The van der Waals surface area contributed by atoms with Crippen LogP contribution in [0.25, 0.3) is 0 Å². The Morgan fingerprint density at radius 1 is 0.875 bits per heavy atom. The lowest BCUT2D eigenvalue weighted by molar-refractivity contribution is -0.155. The van der Waals surface area contributed by atoms with Crippen LogP contribution in [-0.2, 0) is 9.59 Å². The van der Waals surface area contributed by atoms with Crippen molar-refractivity contribution in [2.75, 3.05) is 0 Å². The molecule has 4 heteroatoms. The maximum Gasteiger partial charge on any atom is 0.319 e. The third-order valence-corrected chi connectivity index (χ3v) is 4.84. The molecule has 2 aromatic carbocycles. The zero-order chi connectivity index (χ0) is 17.0. The predicted molar refractivity (Wildman–Crippen MR) is 91.4 cm³/mol. The molecule has 0 atom stereocenters. The summed E-state index contributed by atoms with van der Waals surface area (Å²) in [5, 5.41) is 12.6. The summed E-state index contributed by atoms with van der Waals surface area (Å²) < 4.78 is 0. The first-order valence-corrected chi connectivity index (χ1v) is 8.28. The highest BCUT2D eigenvalue weighted by molar-refractivity contribution is 6.02. The van der Waals surface area contributed by atoms with E-state index in [-0.39, 0.29) is 11.9 Å². The normalized spacial score (nSPS) is 16.0. The highest BCUT2D eigenvalue weighted by Gasteiger charge is 2.48. The van der Waals surface area contributed by atoms with Gasteiger partial charge >= 0.3 is 5.97 Å². The molecule has 3 rings (SSSR count). The van der Waals surface area contributed by atoms with Gasteiger partial charge in [0, 0.05) is 0 Å².